The number of halogens is 1. The van der Waals surface area contributed by atoms with Crippen molar-refractivity contribution >= 4 is 22.5 Å². The van der Waals surface area contributed by atoms with Crippen LogP contribution < -0.4 is 4.74 Å². The van der Waals surface area contributed by atoms with Gasteiger partial charge >= 0.3 is 0 Å². The van der Waals surface area contributed by atoms with E-state index in [1.54, 1.807) is 0 Å². The first-order valence-corrected chi connectivity index (χ1v) is 8.36. The summed E-state index contributed by atoms with van der Waals surface area (Å²) in [5.74, 6) is 1.80. The summed E-state index contributed by atoms with van der Waals surface area (Å²) in [5, 5.41) is 1.89. The van der Waals surface area contributed by atoms with Crippen LogP contribution in [0, 0.1) is 13.8 Å². The van der Waals surface area contributed by atoms with Crippen molar-refractivity contribution < 1.29 is 4.74 Å². The van der Waals surface area contributed by atoms with E-state index in [0.717, 1.165) is 57.8 Å². The van der Waals surface area contributed by atoms with Crippen molar-refractivity contribution in [2.45, 2.75) is 33.1 Å². The first-order chi connectivity index (χ1) is 11.1. The standard InChI is InChI=1S/C20H18ClNO/c1-12-10-14(11-13(2)19(12)21)23-20-15-6-3-4-8-17(15)22-18-9-5-7-16(18)20/h3-4,6,8,10-11H,5,7,9H2,1-2H3. The predicted molar refractivity (Wildman–Crippen MR) is 94.8 cm³/mol. The monoisotopic (exact) mass is 323 g/mol. The van der Waals surface area contributed by atoms with Crippen LogP contribution in [-0.2, 0) is 12.8 Å². The molecule has 3 aromatic rings. The molecule has 3 heteroatoms. The largest absolute Gasteiger partial charge is 0.456 e. The maximum atomic E-state index is 6.35. The molecule has 1 aliphatic rings. The van der Waals surface area contributed by atoms with Gasteiger partial charge in [-0.1, -0.05) is 23.7 Å². The Hall–Kier alpha value is -2.06. The third-order valence-electron chi connectivity index (χ3n) is 4.50. The molecule has 0 saturated heterocycles. The first kappa shape index (κ1) is 14.5. The van der Waals surface area contributed by atoms with Crippen LogP contribution in [0.4, 0.5) is 0 Å². The van der Waals surface area contributed by atoms with Crippen LogP contribution in [0.2, 0.25) is 5.02 Å². The zero-order chi connectivity index (χ0) is 16.0. The highest BCUT2D eigenvalue weighted by molar-refractivity contribution is 6.32. The number of para-hydroxylation sites is 1. The third-order valence-corrected chi connectivity index (χ3v) is 5.09. The van der Waals surface area contributed by atoms with Crippen molar-refractivity contribution in [1.82, 2.24) is 4.98 Å². The number of aryl methyl sites for hydroxylation is 3. The van der Waals surface area contributed by atoms with Crippen molar-refractivity contribution in [2.24, 2.45) is 0 Å². The number of rotatable bonds is 2. The Morgan fingerprint density at radius 3 is 2.57 bits per heavy atom. The Kier molecular flexibility index (Phi) is 3.50. The first-order valence-electron chi connectivity index (χ1n) is 7.98. The van der Waals surface area contributed by atoms with Gasteiger partial charge < -0.3 is 4.74 Å². The minimum Gasteiger partial charge on any atom is -0.456 e. The highest BCUT2D eigenvalue weighted by Gasteiger charge is 2.21. The van der Waals surface area contributed by atoms with Crippen LogP contribution in [0.5, 0.6) is 11.5 Å². The molecule has 23 heavy (non-hydrogen) atoms. The summed E-state index contributed by atoms with van der Waals surface area (Å²) >= 11 is 6.28. The van der Waals surface area contributed by atoms with Crippen molar-refractivity contribution in [1.29, 1.82) is 0 Å². The average Bonchev–Trinajstić information content (AvgIpc) is 3.00. The molecule has 0 unspecified atom stereocenters. The van der Waals surface area contributed by atoms with Gasteiger partial charge in [0.15, 0.2) is 0 Å². The lowest BCUT2D eigenvalue weighted by Gasteiger charge is -2.15. The lowest BCUT2D eigenvalue weighted by Crippen LogP contribution is -1.97. The van der Waals surface area contributed by atoms with Gasteiger partial charge in [0, 0.05) is 21.7 Å². The van der Waals surface area contributed by atoms with Gasteiger partial charge in [0.25, 0.3) is 0 Å². The molecular weight excluding hydrogens is 306 g/mol. The fourth-order valence-electron chi connectivity index (χ4n) is 3.37. The second-order valence-electron chi connectivity index (χ2n) is 6.21. The summed E-state index contributed by atoms with van der Waals surface area (Å²) in [4.78, 5) is 4.81. The van der Waals surface area contributed by atoms with Crippen LogP contribution in [0.25, 0.3) is 10.9 Å². The molecule has 4 rings (SSSR count). The van der Waals surface area contributed by atoms with Crippen molar-refractivity contribution in [2.75, 3.05) is 0 Å². The van der Waals surface area contributed by atoms with E-state index < -0.39 is 0 Å². The minimum atomic E-state index is 0.808. The Bertz CT molecular complexity index is 894. The van der Waals surface area contributed by atoms with Gasteiger partial charge in [-0.3, -0.25) is 4.98 Å². The number of benzene rings is 2. The summed E-state index contributed by atoms with van der Waals surface area (Å²) in [6, 6.07) is 12.2. The zero-order valence-electron chi connectivity index (χ0n) is 13.3. The Labute approximate surface area is 141 Å². The van der Waals surface area contributed by atoms with Gasteiger partial charge in [-0.25, -0.2) is 0 Å². The van der Waals surface area contributed by atoms with Gasteiger partial charge in [0.05, 0.1) is 5.52 Å². The topological polar surface area (TPSA) is 22.1 Å². The van der Waals surface area contributed by atoms with Gasteiger partial charge in [-0.15, -0.1) is 0 Å². The summed E-state index contributed by atoms with van der Waals surface area (Å²) in [6.07, 6.45) is 3.22. The molecule has 0 aliphatic heterocycles. The van der Waals surface area contributed by atoms with Crippen molar-refractivity contribution in [3.63, 3.8) is 0 Å². The number of fused-ring (bicyclic) bond motifs is 2. The van der Waals surface area contributed by atoms with Gasteiger partial charge in [0.2, 0.25) is 0 Å². The molecule has 0 radical (unpaired) electrons. The number of hydrogen-bond acceptors (Lipinski definition) is 2. The van der Waals surface area contributed by atoms with Crippen LogP contribution in [0.15, 0.2) is 36.4 Å². The third kappa shape index (κ3) is 2.47. The molecule has 1 aliphatic carbocycles. The molecule has 2 nitrogen and oxygen atoms in total. The molecule has 0 fully saturated rings. The number of hydrogen-bond donors (Lipinski definition) is 0. The number of pyridine rings is 1. The molecule has 116 valence electrons. The van der Waals surface area contributed by atoms with E-state index in [1.165, 1.54) is 11.3 Å². The Morgan fingerprint density at radius 1 is 1.04 bits per heavy atom. The Balaban J connectivity index is 1.89. The molecular formula is C20H18ClNO. The van der Waals surface area contributed by atoms with Crippen LogP contribution in [-0.4, -0.2) is 4.98 Å². The second kappa shape index (κ2) is 5.54. The molecule has 1 heterocycles. The fraction of sp³-hybridized carbons (Fsp3) is 0.250. The molecule has 0 amide bonds. The average molecular weight is 324 g/mol. The molecule has 0 saturated carbocycles. The molecule has 0 bridgehead atoms. The van der Waals surface area contributed by atoms with Crippen LogP contribution in [0.3, 0.4) is 0 Å². The normalized spacial score (nSPS) is 13.3. The molecule has 1 aromatic heterocycles. The second-order valence-corrected chi connectivity index (χ2v) is 6.59. The van der Waals surface area contributed by atoms with E-state index in [4.69, 9.17) is 21.3 Å². The number of ether oxygens (including phenoxy) is 1. The number of nitrogens with zero attached hydrogens (tertiary/aromatic N) is 1. The van der Waals surface area contributed by atoms with Crippen molar-refractivity contribution in [3.05, 3.63) is 63.8 Å². The zero-order valence-corrected chi connectivity index (χ0v) is 14.1. The molecule has 0 spiro atoms. The van der Waals surface area contributed by atoms with Crippen LogP contribution >= 0.6 is 11.6 Å². The SMILES string of the molecule is Cc1cc(Oc2c3c(nc4ccccc24)CCC3)cc(C)c1Cl. The van der Waals surface area contributed by atoms with E-state index in [2.05, 4.69) is 12.1 Å². The smallest absolute Gasteiger partial charge is 0.141 e. The van der Waals surface area contributed by atoms with E-state index >= 15 is 0 Å². The van der Waals surface area contributed by atoms with Crippen LogP contribution in [0.1, 0.15) is 28.8 Å². The summed E-state index contributed by atoms with van der Waals surface area (Å²) < 4.78 is 6.35. The molecule has 0 N–H and O–H groups in total. The summed E-state index contributed by atoms with van der Waals surface area (Å²) in [5.41, 5.74) is 5.52. The quantitative estimate of drug-likeness (QED) is 0.595. The number of aromatic nitrogens is 1. The summed E-state index contributed by atoms with van der Waals surface area (Å²) in [7, 11) is 0. The molecule has 2 aromatic carbocycles. The van der Waals surface area contributed by atoms with E-state index in [1.807, 2.05) is 38.1 Å². The van der Waals surface area contributed by atoms with E-state index in [0.29, 0.717) is 0 Å². The maximum absolute atomic E-state index is 6.35. The highest BCUT2D eigenvalue weighted by atomic mass is 35.5. The highest BCUT2D eigenvalue weighted by Crippen LogP contribution is 2.39. The Morgan fingerprint density at radius 2 is 1.78 bits per heavy atom. The van der Waals surface area contributed by atoms with E-state index in [-0.39, 0.29) is 0 Å². The fourth-order valence-corrected chi connectivity index (χ4v) is 3.48. The van der Waals surface area contributed by atoms with Crippen molar-refractivity contribution in [3.8, 4) is 11.5 Å². The van der Waals surface area contributed by atoms with Gasteiger partial charge in [-0.05, 0) is 68.5 Å². The maximum Gasteiger partial charge on any atom is 0.141 e. The lowest BCUT2D eigenvalue weighted by molar-refractivity contribution is 0.481. The minimum absolute atomic E-state index is 0.808. The predicted octanol–water partition coefficient (Wildman–Crippen LogP) is 5.79. The van der Waals surface area contributed by atoms with Gasteiger partial charge in [0.1, 0.15) is 11.5 Å². The van der Waals surface area contributed by atoms with Gasteiger partial charge in [-0.2, -0.15) is 0 Å². The summed E-state index contributed by atoms with van der Waals surface area (Å²) in [6.45, 7) is 4.02. The van der Waals surface area contributed by atoms with E-state index in [9.17, 15) is 0 Å². The molecule has 0 atom stereocenters. The lowest BCUT2D eigenvalue weighted by atomic mass is 10.1.